The molecule has 0 saturated carbocycles. The Balaban J connectivity index is 1.44. The second kappa shape index (κ2) is 10.7. The monoisotopic (exact) mass is 500 g/mol. The second-order valence-electron chi connectivity index (χ2n) is 8.36. The highest BCUT2D eigenvalue weighted by atomic mass is 19.1. The van der Waals surface area contributed by atoms with Gasteiger partial charge in [0.05, 0.1) is 47.0 Å². The molecule has 10 nitrogen and oxygen atoms in total. The Morgan fingerprint density at radius 1 is 1.19 bits per heavy atom. The average Bonchev–Trinajstić information content (AvgIpc) is 2.93. The molecule has 0 bridgehead atoms. The number of rotatable bonds is 7. The third-order valence-corrected chi connectivity index (χ3v) is 5.93. The van der Waals surface area contributed by atoms with Crippen LogP contribution in [0.5, 0.6) is 0 Å². The van der Waals surface area contributed by atoms with Crippen molar-refractivity contribution >= 4 is 34.1 Å². The number of halogens is 1. The maximum absolute atomic E-state index is 15.0. The first-order valence-electron chi connectivity index (χ1n) is 11.7. The van der Waals surface area contributed by atoms with E-state index < -0.39 is 5.82 Å². The van der Waals surface area contributed by atoms with E-state index in [1.165, 1.54) is 12.3 Å². The number of nitrogens with two attached hydrogens (primary N) is 1. The van der Waals surface area contributed by atoms with E-state index in [9.17, 15) is 4.79 Å². The molecule has 5 N–H and O–H groups in total. The number of anilines is 3. The molecular formula is C26H25FN8O2. The van der Waals surface area contributed by atoms with Crippen LogP contribution in [0.25, 0.3) is 22.2 Å². The first-order valence-corrected chi connectivity index (χ1v) is 11.7. The number of nitrogens with zero attached hydrogens (tertiary/aromatic N) is 4. The Labute approximate surface area is 212 Å². The van der Waals surface area contributed by atoms with Gasteiger partial charge in [-0.1, -0.05) is 6.58 Å². The molecule has 1 aliphatic heterocycles. The van der Waals surface area contributed by atoms with E-state index in [2.05, 4.69) is 42.5 Å². The highest BCUT2D eigenvalue weighted by molar-refractivity contribution is 6.00. The number of carbonyl (C=O) groups excluding carboxylic acids is 1. The zero-order valence-electron chi connectivity index (χ0n) is 19.8. The number of hydrogen-bond acceptors (Lipinski definition) is 9. The van der Waals surface area contributed by atoms with E-state index in [0.29, 0.717) is 41.1 Å². The molecule has 0 spiro atoms. The van der Waals surface area contributed by atoms with Crippen LogP contribution in [0.4, 0.5) is 21.7 Å². The van der Waals surface area contributed by atoms with E-state index in [0.717, 1.165) is 18.3 Å². The number of aromatic nitrogens is 4. The molecule has 37 heavy (non-hydrogen) atoms. The van der Waals surface area contributed by atoms with Crippen molar-refractivity contribution in [1.29, 1.82) is 0 Å². The van der Waals surface area contributed by atoms with Crippen molar-refractivity contribution in [3.63, 3.8) is 0 Å². The molecule has 11 heteroatoms. The van der Waals surface area contributed by atoms with E-state index >= 15 is 4.39 Å². The molecular weight excluding hydrogens is 475 g/mol. The van der Waals surface area contributed by atoms with E-state index in [4.69, 9.17) is 10.5 Å². The maximum Gasteiger partial charge on any atom is 0.247 e. The number of morpholine rings is 1. The Morgan fingerprint density at radius 3 is 2.86 bits per heavy atom. The fourth-order valence-corrected chi connectivity index (χ4v) is 4.14. The van der Waals surface area contributed by atoms with E-state index in [-0.39, 0.29) is 29.6 Å². The fraction of sp³-hybridized carbons (Fsp3) is 0.192. The molecule has 0 aliphatic carbocycles. The molecule has 4 aromatic rings. The Hall–Kier alpha value is -4.32. The molecule has 5 rings (SSSR count). The molecule has 0 radical (unpaired) electrons. The summed E-state index contributed by atoms with van der Waals surface area (Å²) in [5.41, 5.74) is 8.62. The summed E-state index contributed by atoms with van der Waals surface area (Å²) in [6.07, 6.45) is 5.68. The van der Waals surface area contributed by atoms with Gasteiger partial charge in [-0.3, -0.25) is 14.8 Å². The Morgan fingerprint density at radius 2 is 2.08 bits per heavy atom. The molecule has 1 aliphatic rings. The van der Waals surface area contributed by atoms with Gasteiger partial charge in [0.1, 0.15) is 11.9 Å². The fourth-order valence-electron chi connectivity index (χ4n) is 4.14. The summed E-state index contributed by atoms with van der Waals surface area (Å²) in [7, 11) is 0. The number of hydrogen-bond donors (Lipinski definition) is 4. The van der Waals surface area contributed by atoms with Gasteiger partial charge >= 0.3 is 0 Å². The van der Waals surface area contributed by atoms with Gasteiger partial charge in [0.15, 0.2) is 0 Å². The summed E-state index contributed by atoms with van der Waals surface area (Å²) in [5, 5.41) is 9.75. The SMILES string of the molecule is C=CC(=O)Nc1ccnc(-c2c(F)ccc3cnc(Nc4ccc([C@@H]5OCCNC5CN)nc4)nc23)c1. The van der Waals surface area contributed by atoms with Crippen molar-refractivity contribution in [3.8, 4) is 11.3 Å². The highest BCUT2D eigenvalue weighted by Gasteiger charge is 2.27. The highest BCUT2D eigenvalue weighted by Crippen LogP contribution is 2.31. The molecule has 3 aromatic heterocycles. The van der Waals surface area contributed by atoms with Gasteiger partial charge < -0.3 is 26.4 Å². The van der Waals surface area contributed by atoms with Gasteiger partial charge in [-0.2, -0.15) is 0 Å². The Bertz CT molecular complexity index is 1450. The van der Waals surface area contributed by atoms with Crippen LogP contribution in [0, 0.1) is 5.82 Å². The van der Waals surface area contributed by atoms with Crippen LogP contribution in [-0.2, 0) is 9.53 Å². The predicted octanol–water partition coefficient (Wildman–Crippen LogP) is 3.08. The van der Waals surface area contributed by atoms with Crippen LogP contribution in [-0.4, -0.2) is 51.6 Å². The molecule has 188 valence electrons. The van der Waals surface area contributed by atoms with Gasteiger partial charge in [0, 0.05) is 36.6 Å². The molecule has 4 heterocycles. The molecule has 1 unspecified atom stereocenters. The zero-order valence-corrected chi connectivity index (χ0v) is 19.8. The first kappa shape index (κ1) is 24.4. The lowest BCUT2D eigenvalue weighted by molar-refractivity contribution is -0.111. The summed E-state index contributed by atoms with van der Waals surface area (Å²) < 4.78 is 20.9. The number of amides is 1. The summed E-state index contributed by atoms with van der Waals surface area (Å²) >= 11 is 0. The molecule has 2 atom stereocenters. The third kappa shape index (κ3) is 5.28. The van der Waals surface area contributed by atoms with Crippen LogP contribution in [0.3, 0.4) is 0 Å². The quantitative estimate of drug-likeness (QED) is 0.282. The van der Waals surface area contributed by atoms with Crippen molar-refractivity contribution in [2.24, 2.45) is 5.73 Å². The standard InChI is InChI=1S/C26H25FN8O2/c1-2-22(36)33-16-7-8-29-20(11-16)23-18(27)5-3-15-13-32-26(35-24(15)23)34-17-4-6-19(31-14-17)25-21(12-28)30-9-10-37-25/h2-8,11,13-14,21,25,30H,1,9-10,12,28H2,(H,29,33,36)(H,32,34,35)/t21?,25-/m0/s1. The van der Waals surface area contributed by atoms with E-state index in [1.54, 1.807) is 30.6 Å². The number of carbonyl (C=O) groups is 1. The first-order chi connectivity index (χ1) is 18.1. The summed E-state index contributed by atoms with van der Waals surface area (Å²) in [6, 6.07) is 9.83. The minimum absolute atomic E-state index is 0.00518. The van der Waals surface area contributed by atoms with Crippen LogP contribution in [0.2, 0.25) is 0 Å². The topological polar surface area (TPSA) is 140 Å². The number of pyridine rings is 2. The molecule has 1 aromatic carbocycles. The third-order valence-electron chi connectivity index (χ3n) is 5.93. The van der Waals surface area contributed by atoms with Gasteiger partial charge in [0.2, 0.25) is 11.9 Å². The zero-order chi connectivity index (χ0) is 25.8. The average molecular weight is 501 g/mol. The molecule has 1 saturated heterocycles. The van der Waals surface area contributed by atoms with Crippen LogP contribution in [0.15, 0.2) is 67.6 Å². The normalized spacial score (nSPS) is 17.4. The predicted molar refractivity (Wildman–Crippen MR) is 139 cm³/mol. The number of nitrogens with one attached hydrogen (secondary N) is 3. The lowest BCUT2D eigenvalue weighted by atomic mass is 10.1. The number of ether oxygens (including phenoxy) is 1. The number of fused-ring (bicyclic) bond motifs is 1. The second-order valence-corrected chi connectivity index (χ2v) is 8.36. The minimum atomic E-state index is -0.501. The molecule has 1 amide bonds. The lowest BCUT2D eigenvalue weighted by Crippen LogP contribution is -2.48. The summed E-state index contributed by atoms with van der Waals surface area (Å²) in [4.78, 5) is 29.5. The van der Waals surface area contributed by atoms with E-state index in [1.807, 2.05) is 12.1 Å². The molecule has 1 fully saturated rings. The van der Waals surface area contributed by atoms with Gasteiger partial charge in [-0.15, -0.1) is 0 Å². The summed E-state index contributed by atoms with van der Waals surface area (Å²) in [6.45, 7) is 5.22. The minimum Gasteiger partial charge on any atom is -0.369 e. The lowest BCUT2D eigenvalue weighted by Gasteiger charge is -2.31. The van der Waals surface area contributed by atoms with Gasteiger partial charge in [-0.05, 0) is 42.5 Å². The van der Waals surface area contributed by atoms with Crippen LogP contribution >= 0.6 is 0 Å². The Kier molecular flexibility index (Phi) is 7.08. The largest absolute Gasteiger partial charge is 0.369 e. The maximum atomic E-state index is 15.0. The van der Waals surface area contributed by atoms with Crippen LogP contribution < -0.4 is 21.7 Å². The van der Waals surface area contributed by atoms with Crippen molar-refractivity contribution in [2.75, 3.05) is 30.3 Å². The van der Waals surface area contributed by atoms with Crippen molar-refractivity contribution in [1.82, 2.24) is 25.3 Å². The van der Waals surface area contributed by atoms with Crippen molar-refractivity contribution < 1.29 is 13.9 Å². The van der Waals surface area contributed by atoms with Gasteiger partial charge in [-0.25, -0.2) is 14.4 Å². The van der Waals surface area contributed by atoms with Gasteiger partial charge in [0.25, 0.3) is 0 Å². The number of benzene rings is 1. The van der Waals surface area contributed by atoms with Crippen LogP contribution in [0.1, 0.15) is 11.8 Å². The van der Waals surface area contributed by atoms with Crippen molar-refractivity contribution in [2.45, 2.75) is 12.1 Å². The summed E-state index contributed by atoms with van der Waals surface area (Å²) in [5.74, 6) is -0.618. The smallest absolute Gasteiger partial charge is 0.247 e. The van der Waals surface area contributed by atoms with Crippen molar-refractivity contribution in [3.05, 3.63) is 79.2 Å².